The van der Waals surface area contributed by atoms with Crippen molar-refractivity contribution in [2.24, 2.45) is 47.3 Å². The molecule has 0 saturated heterocycles. The van der Waals surface area contributed by atoms with Gasteiger partial charge in [-0.25, -0.2) is 14.4 Å². The van der Waals surface area contributed by atoms with Gasteiger partial charge in [-0.2, -0.15) is 8.78 Å². The Morgan fingerprint density at radius 1 is 0.682 bits per heavy atom. The lowest BCUT2D eigenvalue weighted by Gasteiger charge is -2.60. The van der Waals surface area contributed by atoms with Gasteiger partial charge in [0.15, 0.2) is 0 Å². The third-order valence-corrected chi connectivity index (χ3v) is 12.5. The van der Waals surface area contributed by atoms with E-state index >= 15 is 0 Å². The zero-order valence-corrected chi connectivity index (χ0v) is 26.5. The van der Waals surface area contributed by atoms with Crippen molar-refractivity contribution in [1.82, 2.24) is 0 Å². The maximum Gasteiger partial charge on any atom is 0.376 e. The van der Waals surface area contributed by atoms with E-state index in [0.29, 0.717) is 30.6 Å². The smallest absolute Gasteiger partial charge is 0.376 e. The van der Waals surface area contributed by atoms with Crippen molar-refractivity contribution in [3.63, 3.8) is 0 Å². The van der Waals surface area contributed by atoms with Gasteiger partial charge >= 0.3 is 23.8 Å². The summed E-state index contributed by atoms with van der Waals surface area (Å²) in [5.41, 5.74) is -0.948. The standard InChI is InChI=1S/C34H50F2O8/c1-4-33(24-8-20-6-21(10-24)11-25(33)9-20)43-29(37)18-40-16-28(17-42-31(39)32(3,35)36)41-19-30(38)44-34(5-2)26-12-22-7-23(14-26)15-27(34)13-22/h20-28H,4-19H2,1-3H3. The normalized spacial score (nSPS) is 40.6. The van der Waals surface area contributed by atoms with Crippen LogP contribution < -0.4 is 0 Å². The van der Waals surface area contributed by atoms with Gasteiger partial charge in [-0.3, -0.25) is 0 Å². The van der Waals surface area contributed by atoms with Crippen molar-refractivity contribution in [2.75, 3.05) is 26.4 Å². The van der Waals surface area contributed by atoms with Crippen molar-refractivity contribution in [1.29, 1.82) is 0 Å². The zero-order chi connectivity index (χ0) is 31.3. The fraction of sp³-hybridized carbons (Fsp3) is 0.912. The Kier molecular flexibility index (Phi) is 9.07. The first-order valence-corrected chi connectivity index (χ1v) is 17.1. The average molecular weight is 625 g/mol. The molecule has 0 aliphatic heterocycles. The molecule has 8 aliphatic rings. The minimum absolute atomic E-state index is 0.241. The Hall–Kier alpha value is -1.81. The number of hydrogen-bond acceptors (Lipinski definition) is 8. The second-order valence-electron chi connectivity index (χ2n) is 15.1. The Bertz CT molecular complexity index is 1030. The van der Waals surface area contributed by atoms with Crippen LogP contribution in [0.2, 0.25) is 0 Å². The van der Waals surface area contributed by atoms with Crippen LogP contribution in [0.25, 0.3) is 0 Å². The second kappa shape index (κ2) is 12.4. The van der Waals surface area contributed by atoms with Crippen LogP contribution in [-0.4, -0.2) is 67.6 Å². The van der Waals surface area contributed by atoms with Crippen LogP contribution in [0.3, 0.4) is 0 Å². The number of esters is 3. The van der Waals surface area contributed by atoms with E-state index in [-0.39, 0.29) is 13.2 Å². The molecular weight excluding hydrogens is 574 g/mol. The molecular formula is C34H50F2O8. The summed E-state index contributed by atoms with van der Waals surface area (Å²) in [6, 6.07) is 0. The molecule has 0 heterocycles. The predicted octanol–water partition coefficient (Wildman–Crippen LogP) is 5.88. The van der Waals surface area contributed by atoms with Crippen molar-refractivity contribution in [3.8, 4) is 0 Å². The molecule has 1 atom stereocenters. The molecule has 8 nitrogen and oxygen atoms in total. The van der Waals surface area contributed by atoms with Crippen molar-refractivity contribution in [2.45, 2.75) is 121 Å². The minimum Gasteiger partial charge on any atom is -0.458 e. The maximum absolute atomic E-state index is 13.5. The number of ether oxygens (including phenoxy) is 5. The third-order valence-electron chi connectivity index (χ3n) is 12.5. The van der Waals surface area contributed by atoms with Gasteiger partial charge in [-0.1, -0.05) is 13.8 Å². The summed E-state index contributed by atoms with van der Waals surface area (Å²) < 4.78 is 55.4. The van der Waals surface area contributed by atoms with Crippen LogP contribution in [0.4, 0.5) is 8.78 Å². The van der Waals surface area contributed by atoms with Crippen molar-refractivity contribution < 1.29 is 46.8 Å². The third kappa shape index (κ3) is 6.15. The lowest BCUT2D eigenvalue weighted by atomic mass is 9.49. The topological polar surface area (TPSA) is 97.4 Å². The number of halogens is 2. The summed E-state index contributed by atoms with van der Waals surface area (Å²) in [5, 5.41) is 0. The van der Waals surface area contributed by atoms with Crippen LogP contribution in [0, 0.1) is 47.3 Å². The highest BCUT2D eigenvalue weighted by Gasteiger charge is 2.60. The first-order chi connectivity index (χ1) is 20.9. The largest absolute Gasteiger partial charge is 0.458 e. The highest BCUT2D eigenvalue weighted by molar-refractivity contribution is 5.77. The van der Waals surface area contributed by atoms with Crippen LogP contribution in [0.5, 0.6) is 0 Å². The number of carbonyl (C=O) groups is 3. The van der Waals surface area contributed by atoms with Gasteiger partial charge in [0.05, 0.1) is 6.61 Å². The molecule has 8 rings (SSSR count). The first kappa shape index (κ1) is 32.1. The summed E-state index contributed by atoms with van der Waals surface area (Å²) in [7, 11) is 0. The van der Waals surface area contributed by atoms with E-state index in [1.54, 1.807) is 0 Å². The van der Waals surface area contributed by atoms with E-state index in [9.17, 15) is 23.2 Å². The molecule has 44 heavy (non-hydrogen) atoms. The van der Waals surface area contributed by atoms with Gasteiger partial charge < -0.3 is 23.7 Å². The molecule has 0 radical (unpaired) electrons. The fourth-order valence-electron chi connectivity index (χ4n) is 11.0. The quantitative estimate of drug-likeness (QED) is 0.175. The monoisotopic (exact) mass is 624 g/mol. The van der Waals surface area contributed by atoms with Crippen LogP contribution in [0.1, 0.15) is 97.8 Å². The molecule has 248 valence electrons. The first-order valence-electron chi connectivity index (χ1n) is 17.1. The molecule has 0 spiro atoms. The van der Waals surface area contributed by atoms with E-state index in [0.717, 1.165) is 87.9 Å². The minimum atomic E-state index is -3.67. The summed E-state index contributed by atoms with van der Waals surface area (Å²) in [6.07, 6.45) is 11.8. The summed E-state index contributed by atoms with van der Waals surface area (Å²) in [5.74, 6) is -1.97. The van der Waals surface area contributed by atoms with Gasteiger partial charge in [-0.15, -0.1) is 0 Å². The lowest BCUT2D eigenvalue weighted by Crippen LogP contribution is -2.59. The van der Waals surface area contributed by atoms with Gasteiger partial charge in [0.1, 0.15) is 37.1 Å². The molecule has 0 aromatic carbocycles. The highest BCUT2D eigenvalue weighted by Crippen LogP contribution is 2.61. The Balaban J connectivity index is 1.02. The molecule has 0 N–H and O–H groups in total. The molecule has 8 fully saturated rings. The van der Waals surface area contributed by atoms with Crippen LogP contribution >= 0.6 is 0 Å². The number of rotatable bonds is 14. The molecule has 0 aromatic rings. The zero-order valence-electron chi connectivity index (χ0n) is 26.5. The molecule has 8 aliphatic carbocycles. The summed E-state index contributed by atoms with van der Waals surface area (Å²) in [6.45, 7) is 3.04. The Morgan fingerprint density at radius 3 is 1.48 bits per heavy atom. The summed E-state index contributed by atoms with van der Waals surface area (Å²) >= 11 is 0. The van der Waals surface area contributed by atoms with Crippen molar-refractivity contribution in [3.05, 3.63) is 0 Å². The highest BCUT2D eigenvalue weighted by atomic mass is 19.3. The lowest BCUT2D eigenvalue weighted by molar-refractivity contribution is -0.218. The van der Waals surface area contributed by atoms with E-state index in [2.05, 4.69) is 13.8 Å². The van der Waals surface area contributed by atoms with Gasteiger partial charge in [0, 0.05) is 6.92 Å². The fourth-order valence-corrected chi connectivity index (χ4v) is 11.0. The molecule has 8 bridgehead atoms. The van der Waals surface area contributed by atoms with E-state index in [1.165, 1.54) is 12.8 Å². The Labute approximate surface area is 259 Å². The van der Waals surface area contributed by atoms with E-state index in [1.807, 2.05) is 0 Å². The molecule has 10 heteroatoms. The number of hydrogen-bond donors (Lipinski definition) is 0. The average Bonchev–Trinajstić information content (AvgIpc) is 2.96. The summed E-state index contributed by atoms with van der Waals surface area (Å²) in [4.78, 5) is 37.9. The van der Waals surface area contributed by atoms with E-state index in [4.69, 9.17) is 23.7 Å². The van der Waals surface area contributed by atoms with Gasteiger partial charge in [0.25, 0.3) is 0 Å². The molecule has 0 aromatic heterocycles. The van der Waals surface area contributed by atoms with Gasteiger partial charge in [0.2, 0.25) is 0 Å². The maximum atomic E-state index is 13.5. The number of carbonyl (C=O) groups excluding carboxylic acids is 3. The van der Waals surface area contributed by atoms with Crippen LogP contribution in [0.15, 0.2) is 0 Å². The number of alkyl halides is 2. The predicted molar refractivity (Wildman–Crippen MR) is 154 cm³/mol. The second-order valence-corrected chi connectivity index (χ2v) is 15.1. The SMILES string of the molecule is CCC1(OC(=O)COCC(COC(=O)C(C)(F)F)OCC(=O)OC2(CC)C3CC4CC(C3)CC2C4)C2CC3CC(C2)CC1C3. The molecule has 8 saturated carbocycles. The Morgan fingerprint density at radius 2 is 1.09 bits per heavy atom. The van der Waals surface area contributed by atoms with Gasteiger partial charge in [-0.05, 0) is 124 Å². The van der Waals surface area contributed by atoms with E-state index < -0.39 is 54.4 Å². The van der Waals surface area contributed by atoms with Crippen molar-refractivity contribution >= 4 is 17.9 Å². The molecule has 1 unspecified atom stereocenters. The van der Waals surface area contributed by atoms with Crippen LogP contribution in [-0.2, 0) is 38.1 Å². The molecule has 0 amide bonds.